The van der Waals surface area contributed by atoms with Crippen molar-refractivity contribution >= 4 is 5.78 Å². The predicted molar refractivity (Wildman–Crippen MR) is 119 cm³/mol. The Balaban J connectivity index is 1.51. The second-order valence-corrected chi connectivity index (χ2v) is 7.15. The van der Waals surface area contributed by atoms with Crippen LogP contribution in [0.15, 0.2) is 97.2 Å². The van der Waals surface area contributed by atoms with Gasteiger partial charge in [-0.25, -0.2) is 0 Å². The van der Waals surface area contributed by atoms with E-state index in [0.29, 0.717) is 11.1 Å². The van der Waals surface area contributed by atoms with Gasteiger partial charge in [-0.2, -0.15) is 0 Å². The van der Waals surface area contributed by atoms with E-state index in [4.69, 9.17) is 0 Å². The minimum Gasteiger partial charge on any atom is -0.289 e. The predicted octanol–water partition coefficient (Wildman–Crippen LogP) is 6.60. The van der Waals surface area contributed by atoms with E-state index in [9.17, 15) is 4.79 Å². The maximum atomic E-state index is 12.6. The van der Waals surface area contributed by atoms with Gasteiger partial charge in [0, 0.05) is 22.9 Å². The average molecular weight is 377 g/mol. The number of hydrogen-bond acceptors (Lipinski definition) is 2. The molecule has 0 spiro atoms. The van der Waals surface area contributed by atoms with Crippen molar-refractivity contribution in [1.82, 2.24) is 4.98 Å². The summed E-state index contributed by atoms with van der Waals surface area (Å²) in [5, 5.41) is 0. The van der Waals surface area contributed by atoms with Crippen molar-refractivity contribution < 1.29 is 4.79 Å². The minimum atomic E-state index is 0.0464. The number of rotatable bonds is 6. The molecule has 0 bridgehead atoms. The summed E-state index contributed by atoms with van der Waals surface area (Å²) >= 11 is 0. The summed E-state index contributed by atoms with van der Waals surface area (Å²) in [5.41, 5.74) is 6.99. The molecule has 0 aliphatic rings. The molecule has 0 saturated carbocycles. The van der Waals surface area contributed by atoms with Crippen LogP contribution in [0.3, 0.4) is 0 Å². The summed E-state index contributed by atoms with van der Waals surface area (Å²) in [6.45, 7) is 2.18. The second-order valence-electron chi connectivity index (χ2n) is 7.15. The first-order chi connectivity index (χ1) is 14.2. The van der Waals surface area contributed by atoms with E-state index >= 15 is 0 Å². The summed E-state index contributed by atoms with van der Waals surface area (Å²) in [4.78, 5) is 17.1. The first kappa shape index (κ1) is 18.8. The molecule has 0 fully saturated rings. The van der Waals surface area contributed by atoms with Crippen molar-refractivity contribution in [3.8, 4) is 22.4 Å². The SMILES string of the molecule is CCCc1ccc(-c2ccc(-c3ccc(C(=O)c4ccccc4)cc3)cc2)nc1. The van der Waals surface area contributed by atoms with E-state index in [1.54, 1.807) is 0 Å². The molecule has 2 heteroatoms. The zero-order valence-electron chi connectivity index (χ0n) is 16.5. The normalized spacial score (nSPS) is 10.7. The number of hydrogen-bond donors (Lipinski definition) is 0. The quantitative estimate of drug-likeness (QED) is 0.354. The molecule has 1 heterocycles. The molecular weight excluding hydrogens is 354 g/mol. The number of carbonyl (C=O) groups is 1. The van der Waals surface area contributed by atoms with Gasteiger partial charge in [0.15, 0.2) is 5.78 Å². The van der Waals surface area contributed by atoms with E-state index in [1.807, 2.05) is 60.8 Å². The Kier molecular flexibility index (Phi) is 5.62. The number of aromatic nitrogens is 1. The van der Waals surface area contributed by atoms with Gasteiger partial charge in [0.05, 0.1) is 5.69 Å². The Hall–Kier alpha value is -3.52. The van der Waals surface area contributed by atoms with E-state index in [0.717, 1.165) is 35.2 Å². The molecule has 0 saturated heterocycles. The molecule has 4 aromatic rings. The maximum Gasteiger partial charge on any atom is 0.193 e. The lowest BCUT2D eigenvalue weighted by atomic mass is 9.98. The number of aryl methyl sites for hydroxylation is 1. The Labute approximate surface area is 171 Å². The highest BCUT2D eigenvalue weighted by molar-refractivity contribution is 6.09. The largest absolute Gasteiger partial charge is 0.289 e. The third-order valence-corrected chi connectivity index (χ3v) is 5.06. The maximum absolute atomic E-state index is 12.6. The lowest BCUT2D eigenvalue weighted by molar-refractivity contribution is 0.103. The minimum absolute atomic E-state index is 0.0464. The zero-order chi connectivity index (χ0) is 20.1. The number of nitrogens with zero attached hydrogens (tertiary/aromatic N) is 1. The molecule has 0 N–H and O–H groups in total. The van der Waals surface area contributed by atoms with Crippen molar-refractivity contribution in [2.75, 3.05) is 0 Å². The fourth-order valence-corrected chi connectivity index (χ4v) is 3.44. The van der Waals surface area contributed by atoms with Crippen LogP contribution in [-0.4, -0.2) is 10.8 Å². The summed E-state index contributed by atoms with van der Waals surface area (Å²) in [6.07, 6.45) is 4.16. The van der Waals surface area contributed by atoms with E-state index < -0.39 is 0 Å². The van der Waals surface area contributed by atoms with Crippen LogP contribution in [0.25, 0.3) is 22.4 Å². The monoisotopic (exact) mass is 377 g/mol. The standard InChI is InChI=1S/C27H23NO/c1-2-6-20-9-18-26(28-19-20)23-14-10-21(11-15-23)22-12-16-25(17-13-22)27(29)24-7-4-3-5-8-24/h3-5,7-19H,2,6H2,1H3. The molecule has 29 heavy (non-hydrogen) atoms. The third kappa shape index (κ3) is 4.33. The topological polar surface area (TPSA) is 30.0 Å². The van der Waals surface area contributed by atoms with Crippen LogP contribution in [0.1, 0.15) is 34.8 Å². The highest BCUT2D eigenvalue weighted by atomic mass is 16.1. The van der Waals surface area contributed by atoms with Crippen molar-refractivity contribution in [3.05, 3.63) is 114 Å². The molecule has 4 rings (SSSR count). The number of ketones is 1. The molecule has 142 valence electrons. The number of carbonyl (C=O) groups excluding carboxylic acids is 1. The van der Waals surface area contributed by atoms with Crippen molar-refractivity contribution in [3.63, 3.8) is 0 Å². The first-order valence-electron chi connectivity index (χ1n) is 10.00. The molecule has 0 aliphatic heterocycles. The molecule has 0 atom stereocenters. The van der Waals surface area contributed by atoms with Gasteiger partial charge in [0.1, 0.15) is 0 Å². The summed E-state index contributed by atoms with van der Waals surface area (Å²) in [6, 6.07) is 29.8. The Morgan fingerprint density at radius 3 is 1.86 bits per heavy atom. The molecule has 0 radical (unpaired) electrons. The van der Waals surface area contributed by atoms with E-state index in [2.05, 4.69) is 48.3 Å². The van der Waals surface area contributed by atoms with Gasteiger partial charge in [-0.15, -0.1) is 0 Å². The second kappa shape index (κ2) is 8.66. The lowest BCUT2D eigenvalue weighted by Gasteiger charge is -2.07. The average Bonchev–Trinajstić information content (AvgIpc) is 2.80. The Morgan fingerprint density at radius 2 is 1.28 bits per heavy atom. The molecule has 1 aromatic heterocycles. The summed E-state index contributed by atoms with van der Waals surface area (Å²) in [7, 11) is 0. The van der Waals surface area contributed by atoms with Crippen molar-refractivity contribution in [1.29, 1.82) is 0 Å². The van der Waals surface area contributed by atoms with Gasteiger partial charge in [0.25, 0.3) is 0 Å². The highest BCUT2D eigenvalue weighted by Crippen LogP contribution is 2.25. The van der Waals surface area contributed by atoms with Crippen LogP contribution in [0, 0.1) is 0 Å². The van der Waals surface area contributed by atoms with Crippen LogP contribution in [0.2, 0.25) is 0 Å². The molecule has 0 amide bonds. The summed E-state index contributed by atoms with van der Waals surface area (Å²) < 4.78 is 0. The van der Waals surface area contributed by atoms with Gasteiger partial charge in [0.2, 0.25) is 0 Å². The van der Waals surface area contributed by atoms with Crippen LogP contribution < -0.4 is 0 Å². The molecule has 3 aromatic carbocycles. The van der Waals surface area contributed by atoms with E-state index in [1.165, 1.54) is 5.56 Å². The molecule has 2 nitrogen and oxygen atoms in total. The van der Waals surface area contributed by atoms with Crippen molar-refractivity contribution in [2.24, 2.45) is 0 Å². The van der Waals surface area contributed by atoms with Crippen molar-refractivity contribution in [2.45, 2.75) is 19.8 Å². The molecule has 0 aliphatic carbocycles. The van der Waals surface area contributed by atoms with Gasteiger partial charge in [-0.3, -0.25) is 9.78 Å². The zero-order valence-corrected chi connectivity index (χ0v) is 16.5. The molecule has 0 unspecified atom stereocenters. The highest BCUT2D eigenvalue weighted by Gasteiger charge is 2.09. The van der Waals surface area contributed by atoms with Crippen LogP contribution in [0.5, 0.6) is 0 Å². The number of pyridine rings is 1. The lowest BCUT2D eigenvalue weighted by Crippen LogP contribution is -2.00. The number of benzene rings is 3. The van der Waals surface area contributed by atoms with Crippen LogP contribution in [-0.2, 0) is 6.42 Å². The first-order valence-corrected chi connectivity index (χ1v) is 10.00. The van der Waals surface area contributed by atoms with Gasteiger partial charge >= 0.3 is 0 Å². The Morgan fingerprint density at radius 1 is 0.690 bits per heavy atom. The van der Waals surface area contributed by atoms with Gasteiger partial charge in [-0.05, 0) is 29.2 Å². The molecular formula is C27H23NO. The summed E-state index contributed by atoms with van der Waals surface area (Å²) in [5.74, 6) is 0.0464. The fourth-order valence-electron chi connectivity index (χ4n) is 3.44. The smallest absolute Gasteiger partial charge is 0.193 e. The fraction of sp³-hybridized carbons (Fsp3) is 0.111. The van der Waals surface area contributed by atoms with Crippen LogP contribution in [0.4, 0.5) is 0 Å². The Bertz CT molecular complexity index is 1080. The van der Waals surface area contributed by atoms with Crippen LogP contribution >= 0.6 is 0 Å². The van der Waals surface area contributed by atoms with E-state index in [-0.39, 0.29) is 5.78 Å². The van der Waals surface area contributed by atoms with Gasteiger partial charge in [-0.1, -0.05) is 98.3 Å². The van der Waals surface area contributed by atoms with Gasteiger partial charge < -0.3 is 0 Å². The third-order valence-electron chi connectivity index (χ3n) is 5.06.